The minimum Gasteiger partial charge on any atom is -0.481 e. The molecule has 0 aliphatic carbocycles. The van der Waals surface area contributed by atoms with E-state index in [4.69, 9.17) is 10.7 Å². The van der Waals surface area contributed by atoms with E-state index in [2.05, 4.69) is 30.3 Å². The van der Waals surface area contributed by atoms with Gasteiger partial charge in [0.15, 0.2) is 0 Å². The Labute approximate surface area is 208 Å². The van der Waals surface area contributed by atoms with E-state index >= 15 is 0 Å². The minimum atomic E-state index is -0.694. The number of H-pyrrole nitrogens is 1. The number of nitrogens with zero attached hydrogens (tertiary/aromatic N) is 5. The van der Waals surface area contributed by atoms with Gasteiger partial charge in [0.05, 0.1) is 12.1 Å². The summed E-state index contributed by atoms with van der Waals surface area (Å²) >= 11 is 0. The number of nitrogens with one attached hydrogen (secondary N) is 2. The number of carbonyl (C=O) groups is 1. The molecular weight excluding hydrogens is 460 g/mol. The summed E-state index contributed by atoms with van der Waals surface area (Å²) in [6.07, 6.45) is 4.90. The second-order valence-electron chi connectivity index (χ2n) is 9.71. The van der Waals surface area contributed by atoms with Crippen LogP contribution >= 0.6 is 0 Å². The molecule has 3 aromatic rings. The SMILES string of the molecule is NCC1CCN(c2nc(Nc3ccc(CN4CCC(C(=O)O)CC4)cc3)c3c(=O)[nH]ncc3n2)CC1. The number of anilines is 3. The highest BCUT2D eigenvalue weighted by molar-refractivity contribution is 5.90. The average Bonchev–Trinajstić information content (AvgIpc) is 2.90. The van der Waals surface area contributed by atoms with E-state index in [9.17, 15) is 14.7 Å². The molecule has 0 bridgehead atoms. The summed E-state index contributed by atoms with van der Waals surface area (Å²) in [5.41, 5.74) is 7.95. The molecule has 190 valence electrons. The van der Waals surface area contributed by atoms with E-state index in [0.29, 0.717) is 48.0 Å². The molecule has 5 N–H and O–H groups in total. The molecule has 1 aromatic carbocycles. The fraction of sp³-hybridized carbons (Fsp3) is 0.480. The van der Waals surface area contributed by atoms with Crippen LogP contribution in [0.1, 0.15) is 31.2 Å². The van der Waals surface area contributed by atoms with Gasteiger partial charge in [-0.1, -0.05) is 12.1 Å². The molecule has 5 rings (SSSR count). The second-order valence-corrected chi connectivity index (χ2v) is 9.71. The first-order valence-corrected chi connectivity index (χ1v) is 12.5. The lowest BCUT2D eigenvalue weighted by Gasteiger charge is -2.31. The molecule has 36 heavy (non-hydrogen) atoms. The zero-order valence-electron chi connectivity index (χ0n) is 20.2. The molecule has 2 aliphatic rings. The number of hydrogen-bond donors (Lipinski definition) is 4. The molecule has 0 radical (unpaired) electrons. The van der Waals surface area contributed by atoms with Gasteiger partial charge in [0, 0.05) is 25.3 Å². The van der Waals surface area contributed by atoms with Gasteiger partial charge in [-0.2, -0.15) is 10.1 Å². The molecule has 0 amide bonds. The number of rotatable bonds is 7. The maximum atomic E-state index is 12.6. The molecule has 2 aromatic heterocycles. The van der Waals surface area contributed by atoms with Gasteiger partial charge in [0.25, 0.3) is 5.56 Å². The lowest BCUT2D eigenvalue weighted by atomic mass is 9.97. The van der Waals surface area contributed by atoms with Crippen LogP contribution < -0.4 is 21.5 Å². The Morgan fingerprint density at radius 3 is 2.47 bits per heavy atom. The normalized spacial score (nSPS) is 18.0. The highest BCUT2D eigenvalue weighted by atomic mass is 16.4. The second kappa shape index (κ2) is 10.6. The number of aliphatic carboxylic acids is 1. The molecule has 2 aliphatic heterocycles. The average molecular weight is 493 g/mol. The van der Waals surface area contributed by atoms with Crippen molar-refractivity contribution in [2.45, 2.75) is 32.2 Å². The number of carboxylic acid groups (broad SMARTS) is 1. The summed E-state index contributed by atoms with van der Waals surface area (Å²) in [5.74, 6) is 0.620. The van der Waals surface area contributed by atoms with Crippen LogP contribution in [0, 0.1) is 11.8 Å². The fourth-order valence-corrected chi connectivity index (χ4v) is 5.02. The molecular formula is C25H32N8O3. The van der Waals surface area contributed by atoms with E-state index in [1.165, 1.54) is 0 Å². The number of hydrogen-bond acceptors (Lipinski definition) is 9. The number of likely N-dealkylation sites (tertiary alicyclic amines) is 1. The van der Waals surface area contributed by atoms with E-state index in [0.717, 1.165) is 56.8 Å². The van der Waals surface area contributed by atoms with Crippen LogP contribution in [-0.2, 0) is 11.3 Å². The summed E-state index contributed by atoms with van der Waals surface area (Å²) in [5, 5.41) is 19.3. The number of piperidine rings is 2. The van der Waals surface area contributed by atoms with Crippen molar-refractivity contribution in [1.29, 1.82) is 0 Å². The number of fused-ring (bicyclic) bond motifs is 1. The smallest absolute Gasteiger partial charge is 0.306 e. The first-order chi connectivity index (χ1) is 17.5. The van der Waals surface area contributed by atoms with Crippen molar-refractivity contribution < 1.29 is 9.90 Å². The van der Waals surface area contributed by atoms with Crippen LogP contribution in [-0.4, -0.2) is 68.9 Å². The van der Waals surface area contributed by atoms with Crippen molar-refractivity contribution >= 4 is 34.3 Å². The maximum absolute atomic E-state index is 12.6. The van der Waals surface area contributed by atoms with Crippen LogP contribution in [0.5, 0.6) is 0 Å². The van der Waals surface area contributed by atoms with Crippen molar-refractivity contribution in [1.82, 2.24) is 25.1 Å². The number of benzene rings is 1. The molecule has 11 nitrogen and oxygen atoms in total. The lowest BCUT2D eigenvalue weighted by molar-refractivity contribution is -0.143. The zero-order chi connectivity index (χ0) is 25.1. The predicted octanol–water partition coefficient (Wildman–Crippen LogP) is 1.93. The molecule has 0 atom stereocenters. The molecule has 0 spiro atoms. The Morgan fingerprint density at radius 2 is 1.81 bits per heavy atom. The topological polar surface area (TPSA) is 153 Å². The van der Waals surface area contributed by atoms with Crippen molar-refractivity contribution in [3.8, 4) is 0 Å². The lowest BCUT2D eigenvalue weighted by Crippen LogP contribution is -2.37. The molecule has 2 saturated heterocycles. The van der Waals surface area contributed by atoms with Gasteiger partial charge in [-0.3, -0.25) is 14.5 Å². The van der Waals surface area contributed by atoms with E-state index < -0.39 is 5.97 Å². The van der Waals surface area contributed by atoms with E-state index in [1.54, 1.807) is 6.20 Å². The Balaban J connectivity index is 1.32. The molecule has 4 heterocycles. The summed E-state index contributed by atoms with van der Waals surface area (Å²) in [6, 6.07) is 8.02. The third kappa shape index (κ3) is 5.31. The Hall–Kier alpha value is -3.57. The molecule has 0 unspecified atom stereocenters. The standard InChI is InChI=1S/C25H32N8O3/c26-13-16-5-11-33(12-6-16)25-29-20-14-27-31-23(34)21(20)22(30-25)28-19-3-1-17(2-4-19)15-32-9-7-18(8-10-32)24(35)36/h1-4,14,16,18H,5-13,15,26H2,(H,31,34)(H,35,36)(H,28,29,30). The number of nitrogens with two attached hydrogens (primary N) is 1. The molecule has 2 fully saturated rings. The minimum absolute atomic E-state index is 0.231. The van der Waals surface area contributed by atoms with Gasteiger partial charge in [-0.15, -0.1) is 0 Å². The first kappa shape index (κ1) is 24.1. The highest BCUT2D eigenvalue weighted by Crippen LogP contribution is 2.27. The number of carboxylic acids is 1. The first-order valence-electron chi connectivity index (χ1n) is 12.5. The van der Waals surface area contributed by atoms with Gasteiger partial charge in [0.1, 0.15) is 16.7 Å². The largest absolute Gasteiger partial charge is 0.481 e. The molecule has 11 heteroatoms. The number of aromatic nitrogens is 4. The monoisotopic (exact) mass is 492 g/mol. The summed E-state index contributed by atoms with van der Waals surface area (Å²) in [4.78, 5) is 37.6. The van der Waals surface area contributed by atoms with Crippen molar-refractivity contribution in [3.05, 3.63) is 46.4 Å². The van der Waals surface area contributed by atoms with E-state index in [1.807, 2.05) is 24.3 Å². The summed E-state index contributed by atoms with van der Waals surface area (Å²) in [7, 11) is 0. The quantitative estimate of drug-likeness (QED) is 0.385. The van der Waals surface area contributed by atoms with Crippen LogP contribution in [0.25, 0.3) is 10.9 Å². The van der Waals surface area contributed by atoms with Gasteiger partial charge in [-0.25, -0.2) is 10.1 Å². The van der Waals surface area contributed by atoms with Gasteiger partial charge >= 0.3 is 5.97 Å². The molecule has 0 saturated carbocycles. The van der Waals surface area contributed by atoms with Gasteiger partial charge in [-0.05, 0) is 68.9 Å². The Morgan fingerprint density at radius 1 is 1.08 bits per heavy atom. The van der Waals surface area contributed by atoms with Crippen molar-refractivity contribution in [2.75, 3.05) is 42.9 Å². The third-order valence-corrected chi connectivity index (χ3v) is 7.30. The summed E-state index contributed by atoms with van der Waals surface area (Å²) in [6.45, 7) is 4.67. The van der Waals surface area contributed by atoms with E-state index in [-0.39, 0.29) is 11.5 Å². The van der Waals surface area contributed by atoms with Crippen LogP contribution in [0.15, 0.2) is 35.3 Å². The maximum Gasteiger partial charge on any atom is 0.306 e. The van der Waals surface area contributed by atoms with Crippen molar-refractivity contribution in [2.24, 2.45) is 17.6 Å². The number of aromatic amines is 1. The van der Waals surface area contributed by atoms with Crippen LogP contribution in [0.4, 0.5) is 17.5 Å². The van der Waals surface area contributed by atoms with Crippen molar-refractivity contribution in [3.63, 3.8) is 0 Å². The summed E-state index contributed by atoms with van der Waals surface area (Å²) < 4.78 is 0. The van der Waals surface area contributed by atoms with Gasteiger partial charge < -0.3 is 21.1 Å². The Kier molecular flexibility index (Phi) is 7.10. The van der Waals surface area contributed by atoms with Crippen LogP contribution in [0.3, 0.4) is 0 Å². The Bertz CT molecular complexity index is 1260. The zero-order valence-corrected chi connectivity index (χ0v) is 20.2. The third-order valence-electron chi connectivity index (χ3n) is 7.30. The van der Waals surface area contributed by atoms with Gasteiger partial charge in [0.2, 0.25) is 5.95 Å². The fourth-order valence-electron chi connectivity index (χ4n) is 5.02. The predicted molar refractivity (Wildman–Crippen MR) is 137 cm³/mol. The van der Waals surface area contributed by atoms with Crippen LogP contribution in [0.2, 0.25) is 0 Å². The highest BCUT2D eigenvalue weighted by Gasteiger charge is 2.25.